The van der Waals surface area contributed by atoms with Crippen LogP contribution in [-0.2, 0) is 13.1 Å². The minimum atomic E-state index is -0.267. The summed E-state index contributed by atoms with van der Waals surface area (Å²) in [5.41, 5.74) is 2.95. The maximum absolute atomic E-state index is 12.1. The lowest BCUT2D eigenvalue weighted by Gasteiger charge is -2.10. The molecule has 0 aliphatic carbocycles. The summed E-state index contributed by atoms with van der Waals surface area (Å²) in [7, 11) is 5.01. The van der Waals surface area contributed by atoms with Crippen molar-refractivity contribution in [1.29, 1.82) is 0 Å². The van der Waals surface area contributed by atoms with Gasteiger partial charge in [0.05, 0.1) is 19.2 Å². The third-order valence-corrected chi connectivity index (χ3v) is 4.36. The fraction of sp³-hybridized carbons (Fsp3) is 0.300. The van der Waals surface area contributed by atoms with E-state index in [1.807, 2.05) is 30.3 Å². The van der Waals surface area contributed by atoms with Crippen LogP contribution in [0.25, 0.3) is 11.0 Å². The van der Waals surface area contributed by atoms with Crippen LogP contribution in [0.2, 0.25) is 0 Å². The highest BCUT2D eigenvalue weighted by molar-refractivity contribution is 5.97. The molecule has 0 spiro atoms. The highest BCUT2D eigenvalue weighted by Crippen LogP contribution is 2.14. The van der Waals surface area contributed by atoms with Crippen LogP contribution in [0.15, 0.2) is 42.5 Å². The number of methoxy groups -OCH3 is 1. The molecule has 3 amide bonds. The lowest BCUT2D eigenvalue weighted by molar-refractivity contribution is 0.0827. The second-order valence-electron chi connectivity index (χ2n) is 6.68. The average molecular weight is 396 g/mol. The van der Waals surface area contributed by atoms with Crippen molar-refractivity contribution >= 4 is 23.0 Å². The molecule has 152 valence electrons. The summed E-state index contributed by atoms with van der Waals surface area (Å²) < 4.78 is 6.87. The predicted octanol–water partition coefficient (Wildman–Crippen LogP) is 1.64. The van der Waals surface area contributed by atoms with Crippen molar-refractivity contribution in [2.24, 2.45) is 0 Å². The van der Waals surface area contributed by atoms with Crippen LogP contribution >= 0.6 is 0 Å². The first-order chi connectivity index (χ1) is 14.0. The van der Waals surface area contributed by atoms with Crippen molar-refractivity contribution in [2.45, 2.75) is 13.1 Å². The summed E-state index contributed by atoms with van der Waals surface area (Å²) in [6.07, 6.45) is 0. The van der Waals surface area contributed by atoms with Crippen molar-refractivity contribution in [3.05, 3.63) is 53.6 Å². The summed E-state index contributed by atoms with van der Waals surface area (Å²) in [5, 5.41) is 13.8. The molecule has 2 N–H and O–H groups in total. The maximum atomic E-state index is 12.1. The molecule has 0 atom stereocenters. The number of carbonyl (C=O) groups is 2. The molecule has 0 fully saturated rings. The number of rotatable bonds is 7. The zero-order valence-corrected chi connectivity index (χ0v) is 16.7. The molecule has 0 saturated heterocycles. The van der Waals surface area contributed by atoms with Gasteiger partial charge >= 0.3 is 6.03 Å². The Morgan fingerprint density at radius 3 is 2.72 bits per heavy atom. The van der Waals surface area contributed by atoms with Crippen LogP contribution in [0, 0.1) is 0 Å². The lowest BCUT2D eigenvalue weighted by Crippen LogP contribution is -2.36. The number of nitrogens with one attached hydrogen (secondary N) is 2. The Balaban J connectivity index is 1.51. The summed E-state index contributed by atoms with van der Waals surface area (Å²) in [4.78, 5) is 25.6. The van der Waals surface area contributed by atoms with Gasteiger partial charge in [-0.2, -0.15) is 0 Å². The summed E-state index contributed by atoms with van der Waals surface area (Å²) in [5.74, 6) is 0.661. The number of hydrogen-bond donors (Lipinski definition) is 2. The molecule has 9 heteroatoms. The van der Waals surface area contributed by atoms with Crippen molar-refractivity contribution in [2.75, 3.05) is 27.7 Å². The van der Waals surface area contributed by atoms with E-state index in [1.165, 1.54) is 4.90 Å². The van der Waals surface area contributed by atoms with E-state index < -0.39 is 0 Å². The molecule has 0 unspecified atom stereocenters. The van der Waals surface area contributed by atoms with Gasteiger partial charge in [-0.25, -0.2) is 9.48 Å². The first kappa shape index (κ1) is 20.1. The van der Waals surface area contributed by atoms with Gasteiger partial charge in [-0.05, 0) is 35.9 Å². The highest BCUT2D eigenvalue weighted by Gasteiger charge is 2.12. The van der Waals surface area contributed by atoms with Gasteiger partial charge in [0, 0.05) is 32.7 Å². The first-order valence-electron chi connectivity index (χ1n) is 9.17. The predicted molar refractivity (Wildman–Crippen MR) is 109 cm³/mol. The third-order valence-electron chi connectivity index (χ3n) is 4.36. The van der Waals surface area contributed by atoms with Crippen LogP contribution in [0.5, 0.6) is 5.75 Å². The summed E-state index contributed by atoms with van der Waals surface area (Å²) in [6, 6.07) is 12.5. The standard InChI is InChI=1S/C20H24N6O3/c1-25(2)19(27)15-7-8-18-17(12-15)23-24-26(18)10-9-21-20(28)22-13-14-5-4-6-16(11-14)29-3/h4-8,11-12H,9-10,13H2,1-3H3,(H2,21,22,28). The number of aromatic nitrogens is 3. The number of hydrogen-bond acceptors (Lipinski definition) is 5. The highest BCUT2D eigenvalue weighted by atomic mass is 16.5. The fourth-order valence-corrected chi connectivity index (χ4v) is 2.83. The largest absolute Gasteiger partial charge is 0.497 e. The minimum absolute atomic E-state index is 0.0872. The number of ether oxygens (including phenoxy) is 1. The molecule has 29 heavy (non-hydrogen) atoms. The monoisotopic (exact) mass is 396 g/mol. The molecule has 0 bridgehead atoms. The Morgan fingerprint density at radius 2 is 1.97 bits per heavy atom. The molecular formula is C20H24N6O3. The Labute approximate surface area is 168 Å². The molecule has 3 aromatic rings. The average Bonchev–Trinajstić information content (AvgIpc) is 3.14. The lowest BCUT2D eigenvalue weighted by atomic mass is 10.2. The van der Waals surface area contributed by atoms with Gasteiger partial charge in [-0.3, -0.25) is 4.79 Å². The normalized spacial score (nSPS) is 10.6. The van der Waals surface area contributed by atoms with Crippen molar-refractivity contribution < 1.29 is 14.3 Å². The van der Waals surface area contributed by atoms with Crippen molar-refractivity contribution in [3.63, 3.8) is 0 Å². The Morgan fingerprint density at radius 1 is 1.14 bits per heavy atom. The van der Waals surface area contributed by atoms with Gasteiger partial charge in [-0.15, -0.1) is 5.10 Å². The molecule has 0 aliphatic rings. The summed E-state index contributed by atoms with van der Waals surface area (Å²) in [6.45, 7) is 1.25. The molecule has 1 aromatic heterocycles. The number of nitrogens with zero attached hydrogens (tertiary/aromatic N) is 4. The molecule has 3 rings (SSSR count). The SMILES string of the molecule is COc1cccc(CNC(=O)NCCn2nnc3cc(C(=O)N(C)C)ccc32)c1. The molecule has 0 aliphatic heterocycles. The van der Waals surface area contributed by atoms with Crippen LogP contribution in [-0.4, -0.2) is 59.6 Å². The summed E-state index contributed by atoms with van der Waals surface area (Å²) >= 11 is 0. The van der Waals surface area contributed by atoms with Gasteiger partial charge in [0.25, 0.3) is 5.91 Å². The minimum Gasteiger partial charge on any atom is -0.497 e. The Hall–Kier alpha value is -3.62. The van der Waals surface area contributed by atoms with Gasteiger partial charge in [0.15, 0.2) is 0 Å². The molecule has 0 radical (unpaired) electrons. The van der Waals surface area contributed by atoms with E-state index in [2.05, 4.69) is 20.9 Å². The topological polar surface area (TPSA) is 101 Å². The molecular weight excluding hydrogens is 372 g/mol. The number of carbonyl (C=O) groups excluding carboxylic acids is 2. The van der Waals surface area contributed by atoms with Crippen LogP contribution in [0.1, 0.15) is 15.9 Å². The van der Waals surface area contributed by atoms with E-state index in [0.29, 0.717) is 30.7 Å². The number of benzene rings is 2. The van der Waals surface area contributed by atoms with Crippen LogP contribution < -0.4 is 15.4 Å². The fourth-order valence-electron chi connectivity index (χ4n) is 2.83. The zero-order chi connectivity index (χ0) is 20.8. The third kappa shape index (κ3) is 5.01. The van der Waals surface area contributed by atoms with Gasteiger partial charge in [-0.1, -0.05) is 17.3 Å². The molecule has 2 aromatic carbocycles. The Kier molecular flexibility index (Phi) is 6.28. The quantitative estimate of drug-likeness (QED) is 0.632. The van der Waals surface area contributed by atoms with E-state index >= 15 is 0 Å². The first-order valence-corrected chi connectivity index (χ1v) is 9.17. The number of fused-ring (bicyclic) bond motifs is 1. The Bertz CT molecular complexity index is 1010. The molecule has 9 nitrogen and oxygen atoms in total. The van der Waals surface area contributed by atoms with Crippen molar-refractivity contribution in [1.82, 2.24) is 30.5 Å². The van der Waals surface area contributed by atoms with Gasteiger partial charge < -0.3 is 20.3 Å². The van der Waals surface area contributed by atoms with E-state index in [-0.39, 0.29) is 11.9 Å². The second-order valence-corrected chi connectivity index (χ2v) is 6.68. The van der Waals surface area contributed by atoms with E-state index in [4.69, 9.17) is 4.74 Å². The number of urea groups is 1. The molecule has 1 heterocycles. The van der Waals surface area contributed by atoms with Gasteiger partial charge in [0.1, 0.15) is 11.3 Å². The van der Waals surface area contributed by atoms with Crippen LogP contribution in [0.4, 0.5) is 4.79 Å². The molecule has 0 saturated carbocycles. The maximum Gasteiger partial charge on any atom is 0.315 e. The smallest absolute Gasteiger partial charge is 0.315 e. The number of amides is 3. The second kappa shape index (κ2) is 9.05. The van der Waals surface area contributed by atoms with Crippen molar-refractivity contribution in [3.8, 4) is 5.75 Å². The zero-order valence-electron chi connectivity index (χ0n) is 16.7. The van der Waals surface area contributed by atoms with E-state index in [9.17, 15) is 9.59 Å². The van der Waals surface area contributed by atoms with E-state index in [1.54, 1.807) is 38.0 Å². The van der Waals surface area contributed by atoms with Gasteiger partial charge in [0.2, 0.25) is 0 Å². The van der Waals surface area contributed by atoms with Crippen LogP contribution in [0.3, 0.4) is 0 Å². The van der Waals surface area contributed by atoms with E-state index in [0.717, 1.165) is 16.8 Å².